The number of hydrogen-bond acceptors (Lipinski definition) is 4. The minimum absolute atomic E-state index is 0.000231. The van der Waals surface area contributed by atoms with E-state index in [4.69, 9.17) is 18.9 Å². The van der Waals surface area contributed by atoms with E-state index in [2.05, 4.69) is 50.3 Å². The molecule has 4 rings (SSSR count). The first-order valence-corrected chi connectivity index (χ1v) is 9.11. The van der Waals surface area contributed by atoms with E-state index in [9.17, 15) is 0 Å². The number of epoxide rings is 2. The van der Waals surface area contributed by atoms with E-state index in [0.29, 0.717) is 19.3 Å². The molecule has 4 nitrogen and oxygen atoms in total. The molecule has 2 heterocycles. The summed E-state index contributed by atoms with van der Waals surface area (Å²) in [5.74, 6) is 1.98. The van der Waals surface area contributed by atoms with E-state index in [0.717, 1.165) is 37.6 Å². The Hall–Kier alpha value is -1.78. The van der Waals surface area contributed by atoms with Crippen LogP contribution >= 0.6 is 0 Å². The van der Waals surface area contributed by atoms with Crippen LogP contribution in [-0.4, -0.2) is 38.6 Å². The van der Waals surface area contributed by atoms with Gasteiger partial charge in [-0.15, -0.1) is 0 Å². The third-order valence-corrected chi connectivity index (χ3v) is 5.19. The fourth-order valence-corrected chi connectivity index (χ4v) is 3.13. The van der Waals surface area contributed by atoms with Gasteiger partial charge < -0.3 is 18.9 Å². The van der Waals surface area contributed by atoms with Crippen molar-refractivity contribution in [1.82, 2.24) is 0 Å². The van der Waals surface area contributed by atoms with Crippen LogP contribution in [0.15, 0.2) is 47.7 Å². The van der Waals surface area contributed by atoms with E-state index in [1.807, 2.05) is 0 Å². The molecule has 1 aromatic rings. The number of hydrogen-bond donors (Lipinski definition) is 0. The zero-order valence-corrected chi connectivity index (χ0v) is 15.0. The number of ether oxygens (including phenoxy) is 4. The Balaban J connectivity index is 1.39. The molecule has 1 aliphatic carbocycles. The first-order valence-electron chi connectivity index (χ1n) is 9.11. The van der Waals surface area contributed by atoms with Crippen molar-refractivity contribution in [2.45, 2.75) is 44.3 Å². The quantitative estimate of drug-likeness (QED) is 0.675. The molecule has 0 spiro atoms. The lowest BCUT2D eigenvalue weighted by atomic mass is 9.74. The third kappa shape index (κ3) is 4.25. The molecule has 134 valence electrons. The second-order valence-corrected chi connectivity index (χ2v) is 7.51. The zero-order chi connectivity index (χ0) is 17.3. The maximum atomic E-state index is 5.81. The van der Waals surface area contributed by atoms with Crippen LogP contribution in [0.25, 0.3) is 0 Å². The molecule has 0 radical (unpaired) electrons. The topological polar surface area (TPSA) is 43.5 Å². The lowest BCUT2D eigenvalue weighted by molar-refractivity contribution is 0.174. The lowest BCUT2D eigenvalue weighted by Gasteiger charge is -2.31. The van der Waals surface area contributed by atoms with Crippen LogP contribution in [-0.2, 0) is 19.6 Å². The Bertz CT molecular complexity index is 664. The summed E-state index contributed by atoms with van der Waals surface area (Å²) in [5.41, 5.74) is 2.74. The summed E-state index contributed by atoms with van der Waals surface area (Å²) < 4.78 is 21.9. The van der Waals surface area contributed by atoms with E-state index in [1.54, 1.807) is 0 Å². The highest BCUT2D eigenvalue weighted by Crippen LogP contribution is 2.37. The Morgan fingerprint density at radius 1 is 0.920 bits per heavy atom. The predicted octanol–water partition coefficient (Wildman–Crippen LogP) is 3.76. The molecule has 0 N–H and O–H groups in total. The molecule has 25 heavy (non-hydrogen) atoms. The summed E-state index contributed by atoms with van der Waals surface area (Å²) in [6.45, 7) is 7.56. The van der Waals surface area contributed by atoms with Crippen LogP contribution in [0.2, 0.25) is 0 Å². The van der Waals surface area contributed by atoms with Crippen LogP contribution in [0.3, 0.4) is 0 Å². The SMILES string of the molecule is CC(C)(C1=CC=C(OCC2CO2)CC1)c1ccc(OCC2CO2)cc1. The summed E-state index contributed by atoms with van der Waals surface area (Å²) in [6, 6.07) is 8.46. The van der Waals surface area contributed by atoms with Crippen LogP contribution in [0.1, 0.15) is 32.3 Å². The van der Waals surface area contributed by atoms with Gasteiger partial charge in [0.25, 0.3) is 0 Å². The van der Waals surface area contributed by atoms with Gasteiger partial charge >= 0.3 is 0 Å². The molecule has 2 saturated heterocycles. The third-order valence-electron chi connectivity index (χ3n) is 5.19. The van der Waals surface area contributed by atoms with Crippen molar-refractivity contribution in [1.29, 1.82) is 0 Å². The first-order chi connectivity index (χ1) is 12.1. The summed E-state index contributed by atoms with van der Waals surface area (Å²) in [6.07, 6.45) is 6.94. The molecule has 0 amide bonds. The molecular formula is C21H26O4. The molecule has 4 heteroatoms. The monoisotopic (exact) mass is 342 g/mol. The zero-order valence-electron chi connectivity index (χ0n) is 15.0. The number of allylic oxidation sites excluding steroid dienone is 4. The maximum Gasteiger partial charge on any atom is 0.119 e. The largest absolute Gasteiger partial charge is 0.495 e. The summed E-state index contributed by atoms with van der Waals surface area (Å²) >= 11 is 0. The van der Waals surface area contributed by atoms with Gasteiger partial charge in [-0.1, -0.05) is 37.6 Å². The van der Waals surface area contributed by atoms with Gasteiger partial charge in [0.1, 0.15) is 31.2 Å². The van der Waals surface area contributed by atoms with E-state index in [-0.39, 0.29) is 11.5 Å². The van der Waals surface area contributed by atoms with Gasteiger partial charge in [0, 0.05) is 11.8 Å². The minimum Gasteiger partial charge on any atom is -0.495 e. The summed E-state index contributed by atoms with van der Waals surface area (Å²) in [5, 5.41) is 0. The van der Waals surface area contributed by atoms with Gasteiger partial charge in [0.05, 0.1) is 19.0 Å². The Labute approximate surface area is 149 Å². The van der Waals surface area contributed by atoms with Gasteiger partial charge in [-0.2, -0.15) is 0 Å². The standard InChI is InChI=1S/C21H26O4/c1-21(2,15-3-7-17(8-4-15)22-11-19-13-24-19)16-5-9-18(10-6-16)23-12-20-14-25-20/h3-5,7-9,19-20H,6,10-14H2,1-2H3. The second kappa shape index (κ2) is 6.85. The Morgan fingerprint density at radius 3 is 2.12 bits per heavy atom. The smallest absolute Gasteiger partial charge is 0.119 e. The van der Waals surface area contributed by atoms with Gasteiger partial charge in [-0.3, -0.25) is 0 Å². The minimum atomic E-state index is -0.000231. The summed E-state index contributed by atoms with van der Waals surface area (Å²) in [4.78, 5) is 0. The molecule has 2 aliphatic heterocycles. The molecule has 2 fully saturated rings. The lowest BCUT2D eigenvalue weighted by Crippen LogP contribution is -2.22. The number of benzene rings is 1. The normalized spacial score (nSPS) is 25.0. The van der Waals surface area contributed by atoms with Crippen molar-refractivity contribution >= 4 is 0 Å². The predicted molar refractivity (Wildman–Crippen MR) is 95.8 cm³/mol. The van der Waals surface area contributed by atoms with Gasteiger partial charge in [0.15, 0.2) is 0 Å². The maximum absolute atomic E-state index is 5.81. The molecule has 0 bridgehead atoms. The van der Waals surface area contributed by atoms with Crippen molar-refractivity contribution in [3.8, 4) is 5.75 Å². The van der Waals surface area contributed by atoms with Gasteiger partial charge in [-0.05, 0) is 30.2 Å². The van der Waals surface area contributed by atoms with Crippen LogP contribution in [0.4, 0.5) is 0 Å². The first kappa shape index (κ1) is 16.7. The average molecular weight is 342 g/mol. The highest BCUT2D eigenvalue weighted by Gasteiger charge is 2.28. The van der Waals surface area contributed by atoms with Gasteiger partial charge in [0.2, 0.25) is 0 Å². The van der Waals surface area contributed by atoms with Crippen LogP contribution in [0.5, 0.6) is 5.75 Å². The van der Waals surface area contributed by atoms with Crippen molar-refractivity contribution in [2.75, 3.05) is 26.4 Å². The van der Waals surface area contributed by atoms with Crippen molar-refractivity contribution in [3.63, 3.8) is 0 Å². The molecule has 3 aliphatic rings. The summed E-state index contributed by atoms with van der Waals surface area (Å²) in [7, 11) is 0. The van der Waals surface area contributed by atoms with Crippen LogP contribution < -0.4 is 4.74 Å². The average Bonchev–Trinajstić information content (AvgIpc) is 3.54. The molecule has 1 aromatic carbocycles. The molecular weight excluding hydrogens is 316 g/mol. The molecule has 2 atom stereocenters. The van der Waals surface area contributed by atoms with Crippen molar-refractivity contribution in [2.24, 2.45) is 0 Å². The molecule has 0 saturated carbocycles. The van der Waals surface area contributed by atoms with Crippen molar-refractivity contribution < 1.29 is 18.9 Å². The molecule has 0 aromatic heterocycles. The Kier molecular flexibility index (Phi) is 4.57. The fourth-order valence-electron chi connectivity index (χ4n) is 3.13. The number of rotatable bonds is 8. The van der Waals surface area contributed by atoms with E-state index in [1.165, 1.54) is 11.1 Å². The van der Waals surface area contributed by atoms with E-state index >= 15 is 0 Å². The van der Waals surface area contributed by atoms with Crippen LogP contribution in [0, 0.1) is 0 Å². The second-order valence-electron chi connectivity index (χ2n) is 7.51. The van der Waals surface area contributed by atoms with Gasteiger partial charge in [-0.25, -0.2) is 0 Å². The van der Waals surface area contributed by atoms with Crippen molar-refractivity contribution in [3.05, 3.63) is 53.3 Å². The van der Waals surface area contributed by atoms with E-state index < -0.39 is 0 Å². The highest BCUT2D eigenvalue weighted by atomic mass is 16.6. The highest BCUT2D eigenvalue weighted by molar-refractivity contribution is 5.40. The Morgan fingerprint density at radius 2 is 1.56 bits per heavy atom. The fraction of sp³-hybridized carbons (Fsp3) is 0.524. The molecule has 2 unspecified atom stereocenters.